The average molecular weight is 258 g/mol. The fraction of sp³-hybridized carbons (Fsp3) is 0.833. The molecule has 6 heteroatoms. The van der Waals surface area contributed by atoms with Crippen molar-refractivity contribution in [3.8, 4) is 0 Å². The van der Waals surface area contributed by atoms with Gasteiger partial charge >= 0.3 is 12.0 Å². The maximum Gasteiger partial charge on any atom is 0.334 e. The zero-order valence-electron chi connectivity index (χ0n) is 10.7. The van der Waals surface area contributed by atoms with Crippen LogP contribution in [0, 0.1) is 5.92 Å². The number of carbonyl (C=O) groups excluding carboxylic acids is 1. The minimum atomic E-state index is -1.55. The highest BCUT2D eigenvalue weighted by Gasteiger charge is 2.21. The zero-order chi connectivity index (χ0) is 13.5. The van der Waals surface area contributed by atoms with E-state index >= 15 is 0 Å². The van der Waals surface area contributed by atoms with Crippen LogP contribution in [0.2, 0.25) is 0 Å². The van der Waals surface area contributed by atoms with Gasteiger partial charge < -0.3 is 20.8 Å². The summed E-state index contributed by atoms with van der Waals surface area (Å²) in [6.07, 6.45) is 3.81. The SMILES string of the molecule is CCC1CCC(NC(=O)NCC(O)C(=O)O)CC1. The molecule has 6 nitrogen and oxygen atoms in total. The first-order valence-corrected chi connectivity index (χ1v) is 6.48. The number of aliphatic carboxylic acids is 1. The highest BCUT2D eigenvalue weighted by molar-refractivity contribution is 5.76. The first kappa shape index (κ1) is 14.8. The van der Waals surface area contributed by atoms with Gasteiger partial charge in [-0.05, 0) is 31.6 Å². The number of urea groups is 1. The van der Waals surface area contributed by atoms with Crippen molar-refractivity contribution in [3.05, 3.63) is 0 Å². The Hall–Kier alpha value is -1.30. The van der Waals surface area contributed by atoms with Crippen molar-refractivity contribution in [1.82, 2.24) is 10.6 Å². The highest BCUT2D eigenvalue weighted by atomic mass is 16.4. The Morgan fingerprint density at radius 1 is 1.28 bits per heavy atom. The number of rotatable bonds is 5. The van der Waals surface area contributed by atoms with Crippen LogP contribution in [0.4, 0.5) is 4.79 Å². The van der Waals surface area contributed by atoms with Crippen molar-refractivity contribution in [2.24, 2.45) is 5.92 Å². The van der Waals surface area contributed by atoms with Gasteiger partial charge in [-0.2, -0.15) is 0 Å². The molecule has 1 aliphatic rings. The van der Waals surface area contributed by atoms with E-state index in [0.29, 0.717) is 0 Å². The normalized spacial score (nSPS) is 25.2. The predicted molar refractivity (Wildman–Crippen MR) is 66.2 cm³/mol. The lowest BCUT2D eigenvalue weighted by Crippen LogP contribution is -2.46. The second-order valence-electron chi connectivity index (χ2n) is 4.83. The minimum absolute atomic E-state index is 0.162. The molecule has 0 aromatic carbocycles. The molecule has 0 spiro atoms. The van der Waals surface area contributed by atoms with E-state index in [1.54, 1.807) is 0 Å². The predicted octanol–water partition coefficient (Wildman–Crippen LogP) is 0.700. The summed E-state index contributed by atoms with van der Waals surface area (Å²) in [5, 5.41) is 22.6. The summed E-state index contributed by atoms with van der Waals surface area (Å²) in [5.74, 6) is -0.571. The third kappa shape index (κ3) is 4.91. The number of carbonyl (C=O) groups is 2. The Kier molecular flexibility index (Phi) is 5.91. The van der Waals surface area contributed by atoms with Crippen molar-refractivity contribution in [2.45, 2.75) is 51.2 Å². The average Bonchev–Trinajstić information content (AvgIpc) is 2.36. The highest BCUT2D eigenvalue weighted by Crippen LogP contribution is 2.26. The molecule has 1 rings (SSSR count). The molecule has 1 atom stereocenters. The fourth-order valence-electron chi connectivity index (χ4n) is 2.23. The second-order valence-corrected chi connectivity index (χ2v) is 4.83. The third-order valence-electron chi connectivity index (χ3n) is 3.50. The Morgan fingerprint density at radius 2 is 1.89 bits per heavy atom. The van der Waals surface area contributed by atoms with Crippen LogP contribution in [0.25, 0.3) is 0 Å². The Labute approximate surface area is 107 Å². The van der Waals surface area contributed by atoms with Crippen LogP contribution in [0.1, 0.15) is 39.0 Å². The van der Waals surface area contributed by atoms with Crippen LogP contribution in [0.15, 0.2) is 0 Å². The number of aliphatic hydroxyl groups is 1. The van der Waals surface area contributed by atoms with Gasteiger partial charge in [-0.15, -0.1) is 0 Å². The van der Waals surface area contributed by atoms with Crippen LogP contribution in [-0.2, 0) is 4.79 Å². The van der Waals surface area contributed by atoms with E-state index in [-0.39, 0.29) is 12.6 Å². The topological polar surface area (TPSA) is 98.7 Å². The lowest BCUT2D eigenvalue weighted by molar-refractivity contribution is -0.146. The molecule has 0 bridgehead atoms. The first-order valence-electron chi connectivity index (χ1n) is 6.48. The minimum Gasteiger partial charge on any atom is -0.479 e. The molecular weight excluding hydrogens is 236 g/mol. The molecule has 104 valence electrons. The maximum absolute atomic E-state index is 11.5. The van der Waals surface area contributed by atoms with Crippen LogP contribution >= 0.6 is 0 Å². The Bertz CT molecular complexity index is 288. The van der Waals surface area contributed by atoms with Gasteiger partial charge in [0.05, 0.1) is 6.54 Å². The molecule has 1 fully saturated rings. The summed E-state index contributed by atoms with van der Waals surface area (Å²) in [7, 11) is 0. The summed E-state index contributed by atoms with van der Waals surface area (Å²) >= 11 is 0. The number of nitrogens with one attached hydrogen (secondary N) is 2. The molecule has 0 aromatic rings. The molecular formula is C12H22N2O4. The molecule has 0 saturated heterocycles. The van der Waals surface area contributed by atoms with Gasteiger partial charge in [0.15, 0.2) is 6.10 Å². The second kappa shape index (κ2) is 7.20. The van der Waals surface area contributed by atoms with Crippen LogP contribution in [0.5, 0.6) is 0 Å². The molecule has 2 amide bonds. The largest absolute Gasteiger partial charge is 0.479 e. The summed E-state index contributed by atoms with van der Waals surface area (Å²) in [5.41, 5.74) is 0. The van der Waals surface area contributed by atoms with E-state index in [2.05, 4.69) is 17.6 Å². The quantitative estimate of drug-likeness (QED) is 0.583. The standard InChI is InChI=1S/C12H22N2O4/c1-2-8-3-5-9(6-4-8)14-12(18)13-7-10(15)11(16)17/h8-10,15H,2-7H2,1H3,(H,16,17)(H2,13,14,18). The van der Waals surface area contributed by atoms with E-state index in [0.717, 1.165) is 31.6 Å². The van der Waals surface area contributed by atoms with E-state index in [9.17, 15) is 9.59 Å². The van der Waals surface area contributed by atoms with Crippen LogP contribution in [0.3, 0.4) is 0 Å². The third-order valence-corrected chi connectivity index (χ3v) is 3.50. The van der Waals surface area contributed by atoms with E-state index in [1.165, 1.54) is 6.42 Å². The van der Waals surface area contributed by atoms with Crippen molar-refractivity contribution >= 4 is 12.0 Å². The first-order chi connectivity index (χ1) is 8.52. The van der Waals surface area contributed by atoms with E-state index in [4.69, 9.17) is 10.2 Å². The maximum atomic E-state index is 11.5. The van der Waals surface area contributed by atoms with Crippen molar-refractivity contribution < 1.29 is 19.8 Å². The molecule has 1 saturated carbocycles. The lowest BCUT2D eigenvalue weighted by Gasteiger charge is -2.28. The van der Waals surface area contributed by atoms with Gasteiger partial charge in [-0.3, -0.25) is 0 Å². The van der Waals surface area contributed by atoms with Crippen molar-refractivity contribution in [2.75, 3.05) is 6.54 Å². The van der Waals surface area contributed by atoms with Crippen LogP contribution < -0.4 is 10.6 Å². The van der Waals surface area contributed by atoms with Crippen molar-refractivity contribution in [3.63, 3.8) is 0 Å². The molecule has 0 aliphatic heterocycles. The van der Waals surface area contributed by atoms with Gasteiger partial charge in [0.2, 0.25) is 0 Å². The molecule has 0 heterocycles. The Balaban J connectivity index is 2.19. The molecule has 0 aromatic heterocycles. The van der Waals surface area contributed by atoms with E-state index < -0.39 is 18.1 Å². The number of carboxylic acids is 1. The van der Waals surface area contributed by atoms with Gasteiger partial charge in [-0.1, -0.05) is 13.3 Å². The number of hydrogen-bond acceptors (Lipinski definition) is 3. The van der Waals surface area contributed by atoms with Gasteiger partial charge in [0.25, 0.3) is 0 Å². The number of amides is 2. The summed E-state index contributed by atoms with van der Waals surface area (Å²) in [6, 6.07) is -0.245. The smallest absolute Gasteiger partial charge is 0.334 e. The summed E-state index contributed by atoms with van der Waals surface area (Å²) < 4.78 is 0. The van der Waals surface area contributed by atoms with Gasteiger partial charge in [0.1, 0.15) is 0 Å². The summed E-state index contributed by atoms with van der Waals surface area (Å²) in [4.78, 5) is 21.8. The molecule has 4 N–H and O–H groups in total. The van der Waals surface area contributed by atoms with Gasteiger partial charge in [-0.25, -0.2) is 9.59 Å². The fourth-order valence-corrected chi connectivity index (χ4v) is 2.23. The zero-order valence-corrected chi connectivity index (χ0v) is 10.7. The Morgan fingerprint density at radius 3 is 2.39 bits per heavy atom. The van der Waals surface area contributed by atoms with E-state index in [1.807, 2.05) is 0 Å². The number of aliphatic hydroxyl groups excluding tert-OH is 1. The molecule has 18 heavy (non-hydrogen) atoms. The monoisotopic (exact) mass is 258 g/mol. The lowest BCUT2D eigenvalue weighted by atomic mass is 9.85. The van der Waals surface area contributed by atoms with Gasteiger partial charge in [0, 0.05) is 6.04 Å². The van der Waals surface area contributed by atoms with Crippen LogP contribution in [-0.4, -0.2) is 40.9 Å². The number of hydrogen-bond donors (Lipinski definition) is 4. The molecule has 0 radical (unpaired) electrons. The molecule has 1 aliphatic carbocycles. The molecule has 1 unspecified atom stereocenters. The summed E-state index contributed by atoms with van der Waals surface area (Å²) in [6.45, 7) is 1.91. The number of carboxylic acid groups (broad SMARTS) is 1. The van der Waals surface area contributed by atoms with Crippen molar-refractivity contribution in [1.29, 1.82) is 0 Å².